The first-order valence-electron chi connectivity index (χ1n) is 3.65. The van der Waals surface area contributed by atoms with Crippen LogP contribution in [0.2, 0.25) is 0 Å². The number of hydrogen-bond acceptors (Lipinski definition) is 4. The van der Waals surface area contributed by atoms with E-state index in [-0.39, 0.29) is 11.7 Å². The van der Waals surface area contributed by atoms with Crippen molar-refractivity contribution >= 4 is 6.29 Å². The average molecular weight is 178 g/mol. The maximum atomic E-state index is 10.2. The molecule has 0 saturated carbocycles. The molecule has 0 aromatic carbocycles. The van der Waals surface area contributed by atoms with Gasteiger partial charge in [-0.05, 0) is 12.1 Å². The molecule has 2 aromatic rings. The maximum Gasteiger partial charge on any atom is 0.292 e. The van der Waals surface area contributed by atoms with Gasteiger partial charge in [0.25, 0.3) is 11.9 Å². The van der Waals surface area contributed by atoms with Crippen LogP contribution in [0.25, 0.3) is 0 Å². The van der Waals surface area contributed by atoms with Crippen LogP contribution in [0.5, 0.6) is 11.9 Å². The van der Waals surface area contributed by atoms with E-state index < -0.39 is 0 Å². The first-order chi connectivity index (χ1) is 6.38. The van der Waals surface area contributed by atoms with Crippen molar-refractivity contribution in [2.24, 2.45) is 0 Å². The molecule has 4 heteroatoms. The van der Waals surface area contributed by atoms with E-state index in [1.807, 2.05) is 0 Å². The lowest BCUT2D eigenvalue weighted by Gasteiger charge is -1.94. The summed E-state index contributed by atoms with van der Waals surface area (Å²) >= 11 is 0. The van der Waals surface area contributed by atoms with Crippen molar-refractivity contribution < 1.29 is 18.4 Å². The van der Waals surface area contributed by atoms with Crippen molar-refractivity contribution in [3.05, 3.63) is 36.3 Å². The van der Waals surface area contributed by atoms with Crippen LogP contribution in [0.3, 0.4) is 0 Å². The highest BCUT2D eigenvalue weighted by molar-refractivity contribution is 5.70. The second kappa shape index (κ2) is 3.18. The molecule has 2 heterocycles. The summed E-state index contributed by atoms with van der Waals surface area (Å²) in [6, 6.07) is 6.40. The molecule has 0 unspecified atom stereocenters. The molecule has 4 nitrogen and oxygen atoms in total. The molecule has 13 heavy (non-hydrogen) atoms. The standard InChI is InChI=1S/C9H6O4/c10-6-7-3-4-9(12-7)13-8-2-1-5-11-8/h1-6H. The molecule has 2 rings (SSSR count). The molecule has 0 radical (unpaired) electrons. The predicted molar refractivity (Wildman–Crippen MR) is 42.9 cm³/mol. The first kappa shape index (κ1) is 7.67. The number of carbonyl (C=O) groups excluding carboxylic acids is 1. The van der Waals surface area contributed by atoms with E-state index in [0.717, 1.165) is 0 Å². The smallest absolute Gasteiger partial charge is 0.292 e. The second-order valence-electron chi connectivity index (χ2n) is 2.31. The number of furan rings is 2. The Hall–Kier alpha value is -1.97. The van der Waals surface area contributed by atoms with E-state index in [0.29, 0.717) is 12.2 Å². The zero-order chi connectivity index (χ0) is 9.10. The third kappa shape index (κ3) is 1.61. The third-order valence-corrected chi connectivity index (χ3v) is 1.41. The molecule has 0 aliphatic heterocycles. The molecule has 0 amide bonds. The van der Waals surface area contributed by atoms with Crippen molar-refractivity contribution in [3.63, 3.8) is 0 Å². The number of carbonyl (C=O) groups is 1. The molecule has 0 aliphatic carbocycles. The lowest BCUT2D eigenvalue weighted by atomic mass is 10.5. The van der Waals surface area contributed by atoms with Crippen LogP contribution in [0.1, 0.15) is 10.6 Å². The fraction of sp³-hybridized carbons (Fsp3) is 0. The average Bonchev–Trinajstić information content (AvgIpc) is 2.76. The molecule has 0 bridgehead atoms. The molecule has 0 aliphatic rings. The first-order valence-corrected chi connectivity index (χ1v) is 3.65. The fourth-order valence-electron chi connectivity index (χ4n) is 0.873. The third-order valence-electron chi connectivity index (χ3n) is 1.41. The Morgan fingerprint density at radius 2 is 2.15 bits per heavy atom. The Kier molecular flexibility index (Phi) is 1.88. The Bertz CT molecular complexity index is 385. The van der Waals surface area contributed by atoms with Crippen molar-refractivity contribution in [2.45, 2.75) is 0 Å². The van der Waals surface area contributed by atoms with Crippen molar-refractivity contribution in [1.29, 1.82) is 0 Å². The Balaban J connectivity index is 2.14. The highest BCUT2D eigenvalue weighted by atomic mass is 16.6. The van der Waals surface area contributed by atoms with E-state index in [1.54, 1.807) is 18.2 Å². The lowest BCUT2D eigenvalue weighted by molar-refractivity contribution is 0.109. The molecule has 2 aromatic heterocycles. The minimum Gasteiger partial charge on any atom is -0.434 e. The number of hydrogen-bond donors (Lipinski definition) is 0. The highest BCUT2D eigenvalue weighted by Crippen LogP contribution is 2.22. The zero-order valence-electron chi connectivity index (χ0n) is 6.60. The van der Waals surface area contributed by atoms with E-state index in [2.05, 4.69) is 0 Å². The van der Waals surface area contributed by atoms with Gasteiger partial charge in [0, 0.05) is 12.1 Å². The summed E-state index contributed by atoms with van der Waals surface area (Å²) in [6.45, 7) is 0. The number of rotatable bonds is 3. The van der Waals surface area contributed by atoms with Crippen molar-refractivity contribution in [1.82, 2.24) is 0 Å². The van der Waals surface area contributed by atoms with Gasteiger partial charge in [-0.3, -0.25) is 4.79 Å². The van der Waals surface area contributed by atoms with Crippen LogP contribution in [0, 0.1) is 0 Å². The largest absolute Gasteiger partial charge is 0.434 e. The Labute approximate surface area is 73.7 Å². The molecule has 0 N–H and O–H groups in total. The molecule has 66 valence electrons. The fourth-order valence-corrected chi connectivity index (χ4v) is 0.873. The van der Waals surface area contributed by atoms with Crippen LogP contribution in [0.4, 0.5) is 0 Å². The van der Waals surface area contributed by atoms with Crippen LogP contribution in [-0.2, 0) is 0 Å². The Morgan fingerprint density at radius 1 is 1.23 bits per heavy atom. The van der Waals surface area contributed by atoms with Gasteiger partial charge in [-0.1, -0.05) is 0 Å². The van der Waals surface area contributed by atoms with Gasteiger partial charge in [-0.15, -0.1) is 0 Å². The van der Waals surface area contributed by atoms with Crippen LogP contribution in [-0.4, -0.2) is 6.29 Å². The summed E-state index contributed by atoms with van der Waals surface area (Å²) in [5.41, 5.74) is 0. The van der Waals surface area contributed by atoms with Crippen molar-refractivity contribution in [3.8, 4) is 11.9 Å². The van der Waals surface area contributed by atoms with E-state index in [1.165, 1.54) is 12.3 Å². The topological polar surface area (TPSA) is 52.6 Å². The molecule has 0 saturated heterocycles. The summed E-state index contributed by atoms with van der Waals surface area (Å²) in [5, 5.41) is 0. The summed E-state index contributed by atoms with van der Waals surface area (Å²) in [4.78, 5) is 10.2. The van der Waals surface area contributed by atoms with Gasteiger partial charge in [0.1, 0.15) is 0 Å². The van der Waals surface area contributed by atoms with Crippen molar-refractivity contribution in [2.75, 3.05) is 0 Å². The molecule has 0 atom stereocenters. The quantitative estimate of drug-likeness (QED) is 0.677. The normalized spacial score (nSPS) is 9.85. The molecule has 0 fully saturated rings. The lowest BCUT2D eigenvalue weighted by Crippen LogP contribution is -1.77. The van der Waals surface area contributed by atoms with Gasteiger partial charge in [-0.2, -0.15) is 0 Å². The van der Waals surface area contributed by atoms with Crippen LogP contribution in [0.15, 0.2) is 39.4 Å². The van der Waals surface area contributed by atoms with Gasteiger partial charge in [0.2, 0.25) is 0 Å². The van der Waals surface area contributed by atoms with Gasteiger partial charge < -0.3 is 13.6 Å². The minimum atomic E-state index is 0.224. The Morgan fingerprint density at radius 3 is 2.77 bits per heavy atom. The van der Waals surface area contributed by atoms with Crippen LogP contribution >= 0.6 is 0 Å². The zero-order valence-corrected chi connectivity index (χ0v) is 6.60. The van der Waals surface area contributed by atoms with E-state index in [4.69, 9.17) is 13.6 Å². The monoisotopic (exact) mass is 178 g/mol. The molecular weight excluding hydrogens is 172 g/mol. The SMILES string of the molecule is O=Cc1ccc(Oc2ccco2)o1. The van der Waals surface area contributed by atoms with Gasteiger partial charge in [0.05, 0.1) is 6.26 Å². The predicted octanol–water partition coefficient (Wildman–Crippen LogP) is 2.48. The van der Waals surface area contributed by atoms with Gasteiger partial charge >= 0.3 is 0 Å². The highest BCUT2D eigenvalue weighted by Gasteiger charge is 2.04. The summed E-state index contributed by atoms with van der Waals surface area (Å²) in [7, 11) is 0. The summed E-state index contributed by atoms with van der Waals surface area (Å²) in [6.07, 6.45) is 2.09. The summed E-state index contributed by atoms with van der Waals surface area (Å²) < 4.78 is 15.0. The molecule has 0 spiro atoms. The second-order valence-corrected chi connectivity index (χ2v) is 2.31. The van der Waals surface area contributed by atoms with Gasteiger partial charge in [-0.25, -0.2) is 0 Å². The van der Waals surface area contributed by atoms with E-state index >= 15 is 0 Å². The molecular formula is C9H6O4. The number of ether oxygens (including phenoxy) is 1. The maximum absolute atomic E-state index is 10.2. The number of aldehydes is 1. The summed E-state index contributed by atoms with van der Waals surface area (Å²) in [5.74, 6) is 0.783. The van der Waals surface area contributed by atoms with E-state index in [9.17, 15) is 4.79 Å². The van der Waals surface area contributed by atoms with Gasteiger partial charge in [0.15, 0.2) is 12.0 Å². The van der Waals surface area contributed by atoms with Crippen LogP contribution < -0.4 is 4.74 Å². The minimum absolute atomic E-state index is 0.224.